The fraction of sp³-hybridized carbons (Fsp3) is 0.400. The topological polar surface area (TPSA) is 105 Å². The van der Waals surface area contributed by atoms with Crippen molar-refractivity contribution in [1.82, 2.24) is 10.6 Å². The number of carboxylic acids is 1. The average molecular weight is 437 g/mol. The first kappa shape index (κ1) is 21.9. The molecule has 2 aromatic carbocycles. The number of fused-ring (bicyclic) bond motifs is 3. The van der Waals surface area contributed by atoms with Gasteiger partial charge in [-0.1, -0.05) is 48.5 Å². The van der Waals surface area contributed by atoms with Crippen LogP contribution in [0.4, 0.5) is 4.79 Å². The quantitative estimate of drug-likeness (QED) is 0.493. The number of alkyl carbamates (subject to hydrolysis) is 1. The molecule has 3 N–H and O–H groups in total. The third-order valence-electron chi connectivity index (χ3n) is 6.13. The number of amides is 2. The van der Waals surface area contributed by atoms with Crippen molar-refractivity contribution in [3.63, 3.8) is 0 Å². The van der Waals surface area contributed by atoms with Crippen LogP contribution in [0.3, 0.4) is 0 Å². The third-order valence-corrected chi connectivity index (χ3v) is 6.13. The Morgan fingerprint density at radius 3 is 2.22 bits per heavy atom. The number of hydrogen-bond acceptors (Lipinski definition) is 4. The van der Waals surface area contributed by atoms with E-state index in [1.165, 1.54) is 11.1 Å². The van der Waals surface area contributed by atoms with Gasteiger partial charge < -0.3 is 20.5 Å². The maximum atomic E-state index is 12.6. The van der Waals surface area contributed by atoms with E-state index in [0.717, 1.165) is 24.0 Å². The van der Waals surface area contributed by atoms with Crippen molar-refractivity contribution in [1.29, 1.82) is 0 Å². The van der Waals surface area contributed by atoms with Gasteiger partial charge in [0.2, 0.25) is 5.91 Å². The summed E-state index contributed by atoms with van der Waals surface area (Å²) in [6.45, 7) is 0.548. The number of ether oxygens (including phenoxy) is 1. The summed E-state index contributed by atoms with van der Waals surface area (Å²) >= 11 is 0. The number of benzene rings is 2. The molecule has 0 bridgehead atoms. The predicted molar refractivity (Wildman–Crippen MR) is 119 cm³/mol. The Hall–Kier alpha value is -3.35. The minimum absolute atomic E-state index is 0.00920. The average Bonchev–Trinajstić information content (AvgIpc) is 3.58. The summed E-state index contributed by atoms with van der Waals surface area (Å²) in [5.74, 6) is -0.802. The third kappa shape index (κ3) is 5.28. The van der Waals surface area contributed by atoms with Gasteiger partial charge in [-0.05, 0) is 47.4 Å². The number of nitrogens with one attached hydrogen (secondary N) is 2. The highest BCUT2D eigenvalue weighted by molar-refractivity contribution is 5.79. The van der Waals surface area contributed by atoms with Gasteiger partial charge in [0.15, 0.2) is 0 Å². The second-order valence-electron chi connectivity index (χ2n) is 8.47. The number of hydrogen-bond donors (Lipinski definition) is 3. The van der Waals surface area contributed by atoms with Gasteiger partial charge in [-0.3, -0.25) is 9.59 Å². The lowest BCUT2D eigenvalue weighted by molar-refractivity contribution is -0.137. The molecule has 7 heteroatoms. The van der Waals surface area contributed by atoms with Crippen LogP contribution in [-0.2, 0) is 14.3 Å². The van der Waals surface area contributed by atoms with Crippen LogP contribution in [0.5, 0.6) is 0 Å². The van der Waals surface area contributed by atoms with Crippen LogP contribution < -0.4 is 10.6 Å². The molecule has 1 unspecified atom stereocenters. The molecular formula is C25H28N2O5. The van der Waals surface area contributed by atoms with Crippen LogP contribution in [0, 0.1) is 5.92 Å². The van der Waals surface area contributed by atoms with Gasteiger partial charge in [-0.25, -0.2) is 4.79 Å². The number of aliphatic carboxylic acids is 1. The lowest BCUT2D eigenvalue weighted by atomic mass is 9.98. The highest BCUT2D eigenvalue weighted by Gasteiger charge is 2.35. The standard InChI is InChI=1S/C25H28N2O5/c28-23(26-13-5-10-24(29)30)14-22(16-11-12-16)27-25(31)32-15-21-19-8-3-1-6-17(19)18-7-2-4-9-20(18)21/h1-4,6-9,16,21-22H,5,10-15H2,(H,26,28)(H,27,31)(H,29,30). The molecule has 2 amide bonds. The first-order valence-corrected chi connectivity index (χ1v) is 11.1. The number of carbonyl (C=O) groups is 3. The van der Waals surface area contributed by atoms with Crippen molar-refractivity contribution in [2.45, 2.75) is 44.1 Å². The van der Waals surface area contributed by atoms with Crippen LogP contribution in [-0.4, -0.2) is 42.3 Å². The fourth-order valence-electron chi connectivity index (χ4n) is 4.36. The summed E-state index contributed by atoms with van der Waals surface area (Å²) in [6.07, 6.45) is 2.00. The molecule has 168 valence electrons. The van der Waals surface area contributed by atoms with Crippen LogP contribution in [0.2, 0.25) is 0 Å². The van der Waals surface area contributed by atoms with Crippen molar-refractivity contribution >= 4 is 18.0 Å². The summed E-state index contributed by atoms with van der Waals surface area (Å²) in [5.41, 5.74) is 4.65. The van der Waals surface area contributed by atoms with Crippen LogP contribution >= 0.6 is 0 Å². The number of carboxylic acid groups (broad SMARTS) is 1. The molecule has 0 saturated heterocycles. The molecular weight excluding hydrogens is 408 g/mol. The molecule has 2 aromatic rings. The Morgan fingerprint density at radius 2 is 1.62 bits per heavy atom. The minimum Gasteiger partial charge on any atom is -0.481 e. The molecule has 2 aliphatic rings. The highest BCUT2D eigenvalue weighted by atomic mass is 16.5. The molecule has 0 heterocycles. The van der Waals surface area contributed by atoms with Crippen LogP contribution in [0.25, 0.3) is 11.1 Å². The van der Waals surface area contributed by atoms with Gasteiger partial charge in [-0.15, -0.1) is 0 Å². The first-order chi connectivity index (χ1) is 15.5. The second kappa shape index (κ2) is 9.85. The monoisotopic (exact) mass is 436 g/mol. The first-order valence-electron chi connectivity index (χ1n) is 11.1. The van der Waals surface area contributed by atoms with Crippen molar-refractivity contribution in [3.8, 4) is 11.1 Å². The lowest BCUT2D eigenvalue weighted by Gasteiger charge is -2.19. The van der Waals surface area contributed by atoms with Crippen molar-refractivity contribution in [3.05, 3.63) is 59.7 Å². The highest BCUT2D eigenvalue weighted by Crippen LogP contribution is 2.44. The van der Waals surface area contributed by atoms with E-state index in [-0.39, 0.29) is 43.2 Å². The Bertz CT molecular complexity index is 956. The number of rotatable bonds is 10. The summed E-state index contributed by atoms with van der Waals surface area (Å²) < 4.78 is 5.61. The molecule has 2 aliphatic carbocycles. The maximum absolute atomic E-state index is 12.6. The molecule has 7 nitrogen and oxygen atoms in total. The van der Waals surface area contributed by atoms with Crippen LogP contribution in [0.15, 0.2) is 48.5 Å². The van der Waals surface area contributed by atoms with E-state index in [2.05, 4.69) is 34.9 Å². The second-order valence-corrected chi connectivity index (χ2v) is 8.47. The van der Waals surface area contributed by atoms with Crippen molar-refractivity contribution < 1.29 is 24.2 Å². The Balaban J connectivity index is 1.30. The largest absolute Gasteiger partial charge is 0.481 e. The summed E-state index contributed by atoms with van der Waals surface area (Å²) in [5, 5.41) is 14.3. The summed E-state index contributed by atoms with van der Waals surface area (Å²) in [6, 6.07) is 16.1. The molecule has 0 aromatic heterocycles. The summed E-state index contributed by atoms with van der Waals surface area (Å²) in [7, 11) is 0. The van der Waals surface area contributed by atoms with E-state index in [0.29, 0.717) is 13.0 Å². The van der Waals surface area contributed by atoms with Gasteiger partial charge in [0.1, 0.15) is 6.61 Å². The van der Waals surface area contributed by atoms with Gasteiger partial charge in [0.05, 0.1) is 0 Å². The van der Waals surface area contributed by atoms with Gasteiger partial charge in [-0.2, -0.15) is 0 Å². The minimum atomic E-state index is -0.882. The van der Waals surface area contributed by atoms with E-state index >= 15 is 0 Å². The molecule has 4 rings (SSSR count). The SMILES string of the molecule is O=C(O)CCCNC(=O)CC(NC(=O)OCC1c2ccccc2-c2ccccc21)C1CC1. The molecule has 0 radical (unpaired) electrons. The Morgan fingerprint density at radius 1 is 1.00 bits per heavy atom. The summed E-state index contributed by atoms with van der Waals surface area (Å²) in [4.78, 5) is 35.3. The molecule has 0 aliphatic heterocycles. The van der Waals surface area contributed by atoms with Gasteiger partial charge >= 0.3 is 12.1 Å². The van der Waals surface area contributed by atoms with Crippen molar-refractivity contribution in [2.75, 3.05) is 13.2 Å². The molecule has 1 saturated carbocycles. The predicted octanol–water partition coefficient (Wildman–Crippen LogP) is 3.67. The van der Waals surface area contributed by atoms with E-state index in [1.807, 2.05) is 24.3 Å². The van der Waals surface area contributed by atoms with Crippen LogP contribution in [0.1, 0.15) is 49.1 Å². The van der Waals surface area contributed by atoms with Gasteiger partial charge in [0.25, 0.3) is 0 Å². The fourth-order valence-corrected chi connectivity index (χ4v) is 4.36. The molecule has 1 atom stereocenters. The molecule has 0 spiro atoms. The molecule has 32 heavy (non-hydrogen) atoms. The Kier molecular flexibility index (Phi) is 6.73. The van der Waals surface area contributed by atoms with E-state index in [1.54, 1.807) is 0 Å². The smallest absolute Gasteiger partial charge is 0.407 e. The van der Waals surface area contributed by atoms with E-state index in [4.69, 9.17) is 9.84 Å². The maximum Gasteiger partial charge on any atom is 0.407 e. The van der Waals surface area contributed by atoms with Crippen molar-refractivity contribution in [2.24, 2.45) is 5.92 Å². The zero-order chi connectivity index (χ0) is 22.5. The van der Waals surface area contributed by atoms with E-state index in [9.17, 15) is 14.4 Å². The zero-order valence-corrected chi connectivity index (χ0v) is 17.9. The molecule has 1 fully saturated rings. The van der Waals surface area contributed by atoms with E-state index < -0.39 is 12.1 Å². The van der Waals surface area contributed by atoms with Gasteiger partial charge in [0, 0.05) is 31.3 Å². The normalized spacial score (nSPS) is 15.4. The zero-order valence-electron chi connectivity index (χ0n) is 17.9. The number of carbonyl (C=O) groups excluding carboxylic acids is 2. The lowest BCUT2D eigenvalue weighted by Crippen LogP contribution is -2.41. The Labute approximate surface area is 187 Å².